The van der Waals surface area contributed by atoms with E-state index >= 15 is 0 Å². The Morgan fingerprint density at radius 3 is 2.61 bits per heavy atom. The van der Waals surface area contributed by atoms with E-state index in [1.165, 1.54) is 5.56 Å². The Morgan fingerprint density at radius 2 is 1.82 bits per heavy atom. The Hall–Kier alpha value is -2.96. The molecule has 0 saturated heterocycles. The normalized spacial score (nSPS) is 11.0. The first-order valence-corrected chi connectivity index (χ1v) is 10.1. The molecule has 0 amide bonds. The van der Waals surface area contributed by atoms with Crippen molar-refractivity contribution in [1.29, 1.82) is 0 Å². The van der Waals surface area contributed by atoms with E-state index < -0.39 is 0 Å². The van der Waals surface area contributed by atoms with Crippen LogP contribution in [-0.4, -0.2) is 26.8 Å². The van der Waals surface area contributed by atoms with E-state index in [0.29, 0.717) is 0 Å². The van der Waals surface area contributed by atoms with Crippen LogP contribution in [0.15, 0.2) is 60.9 Å². The Morgan fingerprint density at radius 1 is 0.964 bits per heavy atom. The van der Waals surface area contributed by atoms with Gasteiger partial charge in [0.25, 0.3) is 0 Å². The fourth-order valence-electron chi connectivity index (χ4n) is 3.08. The van der Waals surface area contributed by atoms with E-state index in [-0.39, 0.29) is 12.4 Å². The predicted molar refractivity (Wildman–Crippen MR) is 114 cm³/mol. The smallest absolute Gasteiger partial charge is 0.151 e. The lowest BCUT2D eigenvalue weighted by Gasteiger charge is -2.06. The molecule has 0 aliphatic heterocycles. The molecule has 2 aromatic carbocycles. The SMILES string of the molecule is OCCCCc1ccc(-c2cc3ncnc(Nc4cccc(O)c4)c3s2)cc1. The highest BCUT2D eigenvalue weighted by Gasteiger charge is 2.11. The van der Waals surface area contributed by atoms with E-state index in [4.69, 9.17) is 5.11 Å². The molecule has 142 valence electrons. The number of unbranched alkanes of at least 4 members (excludes halogenated alkanes) is 1. The number of anilines is 2. The molecule has 0 unspecified atom stereocenters. The van der Waals surface area contributed by atoms with Gasteiger partial charge in [-0.2, -0.15) is 0 Å². The van der Waals surface area contributed by atoms with Crippen LogP contribution in [0.1, 0.15) is 18.4 Å². The van der Waals surface area contributed by atoms with Gasteiger partial charge in [0.1, 0.15) is 12.1 Å². The fraction of sp³-hybridized carbons (Fsp3) is 0.182. The third-order valence-corrected chi connectivity index (χ3v) is 5.71. The third-order valence-electron chi connectivity index (χ3n) is 4.53. The molecule has 0 fully saturated rings. The molecule has 4 aromatic rings. The number of aryl methyl sites for hydroxylation is 1. The molecule has 0 radical (unpaired) electrons. The number of phenols is 1. The zero-order valence-corrected chi connectivity index (χ0v) is 16.1. The number of benzene rings is 2. The van der Waals surface area contributed by atoms with Crippen molar-refractivity contribution in [3.63, 3.8) is 0 Å². The quantitative estimate of drug-likeness (QED) is 0.381. The first-order chi connectivity index (χ1) is 13.7. The monoisotopic (exact) mass is 391 g/mol. The van der Waals surface area contributed by atoms with Crippen LogP contribution in [0.4, 0.5) is 11.5 Å². The maximum absolute atomic E-state index is 9.67. The number of aromatic nitrogens is 2. The van der Waals surface area contributed by atoms with Crippen LogP contribution in [0.5, 0.6) is 5.75 Å². The van der Waals surface area contributed by atoms with Crippen LogP contribution in [0, 0.1) is 0 Å². The topological polar surface area (TPSA) is 78.3 Å². The van der Waals surface area contributed by atoms with Crippen molar-refractivity contribution in [3.05, 3.63) is 66.5 Å². The Labute approximate surface area is 167 Å². The third kappa shape index (κ3) is 4.13. The van der Waals surface area contributed by atoms with Crippen molar-refractivity contribution < 1.29 is 10.2 Å². The standard InChI is InChI=1S/C22H21N3O2S/c26-11-2-1-4-15-7-9-16(10-8-15)20-13-19-21(28-20)22(24-14-23-19)25-17-5-3-6-18(27)12-17/h3,5-10,12-14,26-27H,1-2,4,11H2,(H,23,24,25). The van der Waals surface area contributed by atoms with Gasteiger partial charge in [0, 0.05) is 23.2 Å². The lowest BCUT2D eigenvalue weighted by molar-refractivity contribution is 0.284. The van der Waals surface area contributed by atoms with Crippen molar-refractivity contribution in [3.8, 4) is 16.2 Å². The van der Waals surface area contributed by atoms with Crippen LogP contribution in [0.2, 0.25) is 0 Å². The van der Waals surface area contributed by atoms with Crippen LogP contribution in [0.3, 0.4) is 0 Å². The van der Waals surface area contributed by atoms with E-state index in [1.807, 2.05) is 6.07 Å². The van der Waals surface area contributed by atoms with Crippen molar-refractivity contribution in [1.82, 2.24) is 9.97 Å². The van der Waals surface area contributed by atoms with Gasteiger partial charge in [-0.25, -0.2) is 9.97 Å². The molecule has 28 heavy (non-hydrogen) atoms. The second kappa shape index (κ2) is 8.37. The van der Waals surface area contributed by atoms with Crippen LogP contribution >= 0.6 is 11.3 Å². The lowest BCUT2D eigenvalue weighted by Crippen LogP contribution is -1.93. The highest BCUT2D eigenvalue weighted by Crippen LogP contribution is 2.36. The van der Waals surface area contributed by atoms with Gasteiger partial charge in [-0.1, -0.05) is 30.3 Å². The van der Waals surface area contributed by atoms with E-state index in [2.05, 4.69) is 45.6 Å². The Bertz CT molecular complexity index is 1080. The number of phenolic OH excluding ortho intramolecular Hbond substituents is 1. The van der Waals surface area contributed by atoms with Gasteiger partial charge in [0.2, 0.25) is 0 Å². The maximum Gasteiger partial charge on any atom is 0.151 e. The second-order valence-corrected chi connectivity index (χ2v) is 7.65. The summed E-state index contributed by atoms with van der Waals surface area (Å²) in [6, 6.07) is 17.6. The van der Waals surface area contributed by atoms with E-state index in [0.717, 1.165) is 51.4 Å². The summed E-state index contributed by atoms with van der Waals surface area (Å²) in [6.45, 7) is 0.250. The number of thiophene rings is 1. The molecule has 2 aromatic heterocycles. The summed E-state index contributed by atoms with van der Waals surface area (Å²) in [4.78, 5) is 9.92. The van der Waals surface area contributed by atoms with Gasteiger partial charge in [-0.05, 0) is 48.6 Å². The second-order valence-electron chi connectivity index (χ2n) is 6.60. The number of aromatic hydroxyl groups is 1. The average molecular weight is 391 g/mol. The van der Waals surface area contributed by atoms with Crippen LogP contribution in [0.25, 0.3) is 20.7 Å². The minimum atomic E-state index is 0.209. The summed E-state index contributed by atoms with van der Waals surface area (Å²) >= 11 is 1.64. The molecule has 5 nitrogen and oxygen atoms in total. The van der Waals surface area contributed by atoms with E-state index in [1.54, 1.807) is 35.9 Å². The number of nitrogens with one attached hydrogen (secondary N) is 1. The van der Waals surface area contributed by atoms with Gasteiger partial charge >= 0.3 is 0 Å². The molecule has 0 atom stereocenters. The molecule has 0 bridgehead atoms. The molecule has 0 saturated carbocycles. The molecule has 0 aliphatic rings. The van der Waals surface area contributed by atoms with Gasteiger partial charge in [0.15, 0.2) is 5.82 Å². The molecular weight excluding hydrogens is 370 g/mol. The number of hydrogen-bond donors (Lipinski definition) is 3. The summed E-state index contributed by atoms with van der Waals surface area (Å²) in [5.74, 6) is 0.939. The molecule has 2 heterocycles. The number of nitrogens with zero attached hydrogens (tertiary/aromatic N) is 2. The number of rotatable bonds is 7. The van der Waals surface area contributed by atoms with Crippen molar-refractivity contribution >= 4 is 33.1 Å². The summed E-state index contributed by atoms with van der Waals surface area (Å²) in [7, 11) is 0. The number of aliphatic hydroxyl groups excluding tert-OH is 1. The highest BCUT2D eigenvalue weighted by atomic mass is 32.1. The van der Waals surface area contributed by atoms with Gasteiger partial charge in [0.05, 0.1) is 10.2 Å². The zero-order chi connectivity index (χ0) is 19.3. The van der Waals surface area contributed by atoms with Crippen molar-refractivity contribution in [2.45, 2.75) is 19.3 Å². The zero-order valence-electron chi connectivity index (χ0n) is 15.3. The molecule has 0 aliphatic carbocycles. The van der Waals surface area contributed by atoms with Gasteiger partial charge in [-0.15, -0.1) is 11.3 Å². The van der Waals surface area contributed by atoms with Gasteiger partial charge < -0.3 is 15.5 Å². The summed E-state index contributed by atoms with van der Waals surface area (Å²) < 4.78 is 0.980. The number of hydrogen-bond acceptors (Lipinski definition) is 6. The summed E-state index contributed by atoms with van der Waals surface area (Å²) in [5.41, 5.74) is 4.11. The Balaban J connectivity index is 1.59. The largest absolute Gasteiger partial charge is 0.508 e. The van der Waals surface area contributed by atoms with E-state index in [9.17, 15) is 5.11 Å². The van der Waals surface area contributed by atoms with Crippen LogP contribution in [-0.2, 0) is 6.42 Å². The number of fused-ring (bicyclic) bond motifs is 1. The first-order valence-electron chi connectivity index (χ1n) is 9.24. The highest BCUT2D eigenvalue weighted by molar-refractivity contribution is 7.22. The van der Waals surface area contributed by atoms with Crippen molar-refractivity contribution in [2.75, 3.05) is 11.9 Å². The molecular formula is C22H21N3O2S. The maximum atomic E-state index is 9.67. The molecule has 0 spiro atoms. The molecule has 4 rings (SSSR count). The first kappa shape index (κ1) is 18.4. The fourth-order valence-corrected chi connectivity index (χ4v) is 4.14. The summed E-state index contributed by atoms with van der Waals surface area (Å²) in [5, 5.41) is 21.8. The van der Waals surface area contributed by atoms with Gasteiger partial charge in [-0.3, -0.25) is 0 Å². The molecule has 3 N–H and O–H groups in total. The Kier molecular flexibility index (Phi) is 5.50. The summed E-state index contributed by atoms with van der Waals surface area (Å²) in [6.07, 6.45) is 4.37. The van der Waals surface area contributed by atoms with Crippen molar-refractivity contribution in [2.24, 2.45) is 0 Å². The lowest BCUT2D eigenvalue weighted by atomic mass is 10.1. The van der Waals surface area contributed by atoms with Crippen LogP contribution < -0.4 is 5.32 Å². The number of aliphatic hydroxyl groups is 1. The predicted octanol–water partition coefficient (Wildman–Crippen LogP) is 5.12. The minimum Gasteiger partial charge on any atom is -0.508 e. The minimum absolute atomic E-state index is 0.209. The average Bonchev–Trinajstić information content (AvgIpc) is 3.14. The molecule has 6 heteroatoms.